The first-order valence-electron chi connectivity index (χ1n) is 7.46. The van der Waals surface area contributed by atoms with Gasteiger partial charge in [0.05, 0.1) is 33.4 Å². The molecule has 0 saturated carbocycles. The summed E-state index contributed by atoms with van der Waals surface area (Å²) in [6.07, 6.45) is 1.16. The first-order valence-corrected chi connectivity index (χ1v) is 7.46. The van der Waals surface area contributed by atoms with Crippen LogP contribution in [0.3, 0.4) is 0 Å². The molecular weight excluding hydrogens is 324 g/mol. The number of hydrogen-bond acceptors (Lipinski definition) is 5. The number of nitrogens with one attached hydrogen (secondary N) is 1. The summed E-state index contributed by atoms with van der Waals surface area (Å²) in [5, 5.41) is 13.6. The number of anilines is 1. The minimum Gasteiger partial charge on any atom is -0.324 e. The normalized spacial score (nSPS) is 10.6. The molecule has 0 saturated heterocycles. The first kappa shape index (κ1) is 16.3. The van der Waals surface area contributed by atoms with Crippen LogP contribution in [0.2, 0.25) is 0 Å². The van der Waals surface area contributed by atoms with Crippen LogP contribution in [0, 0.1) is 17.0 Å². The van der Waals surface area contributed by atoms with Crippen LogP contribution in [0.15, 0.2) is 53.5 Å². The molecule has 126 valence electrons. The van der Waals surface area contributed by atoms with Crippen LogP contribution in [0.1, 0.15) is 5.56 Å². The maximum atomic E-state index is 12.4. The molecular formula is C17H14N4O4. The number of aromatic nitrogens is 2. The number of carbonyl (C=O) groups excluding carboxylic acids is 1. The summed E-state index contributed by atoms with van der Waals surface area (Å²) in [6.45, 7) is 1.34. The van der Waals surface area contributed by atoms with Crippen molar-refractivity contribution in [1.82, 2.24) is 9.55 Å². The van der Waals surface area contributed by atoms with Crippen LogP contribution in [0.25, 0.3) is 11.0 Å². The van der Waals surface area contributed by atoms with Crippen molar-refractivity contribution in [2.45, 2.75) is 13.5 Å². The van der Waals surface area contributed by atoms with Gasteiger partial charge >= 0.3 is 0 Å². The minimum atomic E-state index is -0.508. The predicted octanol–water partition coefficient (Wildman–Crippen LogP) is 2.25. The zero-order chi connectivity index (χ0) is 18.0. The third kappa shape index (κ3) is 3.23. The Morgan fingerprint density at radius 1 is 1.24 bits per heavy atom. The Bertz CT molecular complexity index is 1040. The highest BCUT2D eigenvalue weighted by Crippen LogP contribution is 2.25. The number of nitro benzene ring substituents is 1. The number of benzene rings is 2. The van der Waals surface area contributed by atoms with Crippen molar-refractivity contribution >= 4 is 28.3 Å². The van der Waals surface area contributed by atoms with E-state index >= 15 is 0 Å². The fourth-order valence-electron chi connectivity index (χ4n) is 2.57. The van der Waals surface area contributed by atoms with E-state index in [1.54, 1.807) is 37.3 Å². The molecule has 0 aliphatic carbocycles. The lowest BCUT2D eigenvalue weighted by Crippen LogP contribution is -2.28. The van der Waals surface area contributed by atoms with Crippen molar-refractivity contribution in [3.63, 3.8) is 0 Å². The van der Waals surface area contributed by atoms with Gasteiger partial charge in [-0.25, -0.2) is 4.98 Å². The van der Waals surface area contributed by atoms with Gasteiger partial charge in [-0.15, -0.1) is 0 Å². The lowest BCUT2D eigenvalue weighted by molar-refractivity contribution is -0.385. The highest BCUT2D eigenvalue weighted by molar-refractivity contribution is 5.92. The summed E-state index contributed by atoms with van der Waals surface area (Å²) in [7, 11) is 0. The number of fused-ring (bicyclic) bond motifs is 1. The van der Waals surface area contributed by atoms with E-state index in [-0.39, 0.29) is 12.2 Å². The van der Waals surface area contributed by atoms with Gasteiger partial charge in [-0.2, -0.15) is 0 Å². The number of para-hydroxylation sites is 2. The zero-order valence-corrected chi connectivity index (χ0v) is 13.3. The Morgan fingerprint density at radius 3 is 2.76 bits per heavy atom. The lowest BCUT2D eigenvalue weighted by atomic mass is 10.1. The molecule has 0 aliphatic rings. The molecule has 8 heteroatoms. The maximum Gasteiger partial charge on any atom is 0.274 e. The molecule has 1 aromatic heterocycles. The van der Waals surface area contributed by atoms with E-state index in [0.717, 1.165) is 6.20 Å². The number of nitro groups is 1. The highest BCUT2D eigenvalue weighted by atomic mass is 16.6. The van der Waals surface area contributed by atoms with Crippen molar-refractivity contribution in [2.24, 2.45) is 0 Å². The fourth-order valence-corrected chi connectivity index (χ4v) is 2.57. The van der Waals surface area contributed by atoms with Crippen LogP contribution >= 0.6 is 0 Å². The van der Waals surface area contributed by atoms with E-state index in [2.05, 4.69) is 10.3 Å². The molecule has 2 aromatic carbocycles. The maximum absolute atomic E-state index is 12.4. The van der Waals surface area contributed by atoms with E-state index in [1.165, 1.54) is 16.7 Å². The summed E-state index contributed by atoms with van der Waals surface area (Å²) < 4.78 is 1.31. The van der Waals surface area contributed by atoms with Crippen LogP contribution in [-0.4, -0.2) is 20.4 Å². The summed E-state index contributed by atoms with van der Waals surface area (Å²) in [5.74, 6) is -0.456. The predicted molar refractivity (Wildman–Crippen MR) is 92.5 cm³/mol. The minimum absolute atomic E-state index is 0.0793. The van der Waals surface area contributed by atoms with Gasteiger partial charge in [0.15, 0.2) is 0 Å². The molecule has 0 unspecified atom stereocenters. The molecule has 0 fully saturated rings. The number of hydrogen-bond donors (Lipinski definition) is 1. The SMILES string of the molecule is Cc1c(NC(=O)Cn2c(=O)cnc3ccccc32)cccc1[N+](=O)[O-]. The van der Waals surface area contributed by atoms with Crippen LogP contribution in [0.4, 0.5) is 11.4 Å². The summed E-state index contributed by atoms with van der Waals surface area (Å²) in [6, 6.07) is 11.4. The molecule has 0 spiro atoms. The Morgan fingerprint density at radius 2 is 2.00 bits per heavy atom. The highest BCUT2D eigenvalue weighted by Gasteiger charge is 2.15. The summed E-state index contributed by atoms with van der Waals surface area (Å²) in [5.41, 5.74) is 1.36. The fraction of sp³-hybridized carbons (Fsp3) is 0.118. The smallest absolute Gasteiger partial charge is 0.274 e. The Labute approximate surface area is 141 Å². The second kappa shape index (κ2) is 6.52. The van der Waals surface area contributed by atoms with E-state index in [1.807, 2.05) is 0 Å². The molecule has 0 bridgehead atoms. The van der Waals surface area contributed by atoms with Gasteiger partial charge in [-0.1, -0.05) is 18.2 Å². The standard InChI is InChI=1S/C17H14N4O4/c1-11-12(6-4-8-14(11)21(24)25)19-16(22)10-20-15-7-3-2-5-13(15)18-9-17(20)23/h2-9H,10H2,1H3,(H,19,22). The Balaban J connectivity index is 1.90. The van der Waals surface area contributed by atoms with Gasteiger partial charge in [0.2, 0.25) is 5.91 Å². The van der Waals surface area contributed by atoms with E-state index in [0.29, 0.717) is 22.3 Å². The van der Waals surface area contributed by atoms with Crippen LogP contribution < -0.4 is 10.9 Å². The largest absolute Gasteiger partial charge is 0.324 e. The number of rotatable bonds is 4. The number of nitrogens with zero attached hydrogens (tertiary/aromatic N) is 3. The van der Waals surface area contributed by atoms with Crippen molar-refractivity contribution in [2.75, 3.05) is 5.32 Å². The molecule has 0 atom stereocenters. The molecule has 1 amide bonds. The van der Waals surface area contributed by atoms with Gasteiger partial charge < -0.3 is 5.32 Å². The second-order valence-electron chi connectivity index (χ2n) is 5.43. The van der Waals surface area contributed by atoms with E-state index in [9.17, 15) is 19.7 Å². The monoisotopic (exact) mass is 338 g/mol. The number of carbonyl (C=O) groups is 1. The lowest BCUT2D eigenvalue weighted by Gasteiger charge is -2.11. The van der Waals surface area contributed by atoms with Gasteiger partial charge in [0.25, 0.3) is 11.2 Å². The third-order valence-electron chi connectivity index (χ3n) is 3.83. The van der Waals surface area contributed by atoms with E-state index in [4.69, 9.17) is 0 Å². The number of amides is 1. The topological polar surface area (TPSA) is 107 Å². The first-order chi connectivity index (χ1) is 12.0. The van der Waals surface area contributed by atoms with Crippen molar-refractivity contribution in [3.05, 3.63) is 74.7 Å². The van der Waals surface area contributed by atoms with Crippen molar-refractivity contribution in [3.8, 4) is 0 Å². The molecule has 8 nitrogen and oxygen atoms in total. The van der Waals surface area contributed by atoms with Gasteiger partial charge in [-0.3, -0.25) is 24.3 Å². The molecule has 3 rings (SSSR count). The van der Waals surface area contributed by atoms with Crippen molar-refractivity contribution < 1.29 is 9.72 Å². The van der Waals surface area contributed by atoms with Gasteiger partial charge in [-0.05, 0) is 25.1 Å². The average Bonchev–Trinajstić information content (AvgIpc) is 2.59. The molecule has 3 aromatic rings. The molecule has 0 radical (unpaired) electrons. The molecule has 0 aliphatic heterocycles. The molecule has 1 N–H and O–H groups in total. The Hall–Kier alpha value is -3.55. The van der Waals surface area contributed by atoms with Gasteiger partial charge in [0.1, 0.15) is 6.54 Å². The average molecular weight is 338 g/mol. The second-order valence-corrected chi connectivity index (χ2v) is 5.43. The van der Waals surface area contributed by atoms with Crippen LogP contribution in [-0.2, 0) is 11.3 Å². The van der Waals surface area contributed by atoms with Gasteiger partial charge in [0, 0.05) is 6.07 Å². The van der Waals surface area contributed by atoms with Crippen molar-refractivity contribution in [1.29, 1.82) is 0 Å². The zero-order valence-electron chi connectivity index (χ0n) is 13.3. The third-order valence-corrected chi connectivity index (χ3v) is 3.83. The summed E-state index contributed by atoms with van der Waals surface area (Å²) >= 11 is 0. The van der Waals surface area contributed by atoms with E-state index < -0.39 is 16.4 Å². The molecule has 1 heterocycles. The quantitative estimate of drug-likeness (QED) is 0.580. The summed E-state index contributed by atoms with van der Waals surface area (Å²) in [4.78, 5) is 38.9. The van der Waals surface area contributed by atoms with Crippen LogP contribution in [0.5, 0.6) is 0 Å². The molecule has 25 heavy (non-hydrogen) atoms. The Kier molecular flexibility index (Phi) is 4.25.